The summed E-state index contributed by atoms with van der Waals surface area (Å²) in [6.07, 6.45) is 1.77. The molecule has 1 saturated carbocycles. The second-order valence-electron chi connectivity index (χ2n) is 4.78. The molecule has 0 bridgehead atoms. The summed E-state index contributed by atoms with van der Waals surface area (Å²) in [6, 6.07) is 7.76. The first kappa shape index (κ1) is 11.7. The van der Waals surface area contributed by atoms with Crippen LogP contribution in [0.4, 0.5) is 5.69 Å². The van der Waals surface area contributed by atoms with Crippen LogP contribution in [0.2, 0.25) is 0 Å². The molecule has 1 aliphatic heterocycles. The summed E-state index contributed by atoms with van der Waals surface area (Å²) in [5.74, 6) is 0.503. The molecule has 4 nitrogen and oxygen atoms in total. The van der Waals surface area contributed by atoms with Gasteiger partial charge in [0.1, 0.15) is 10.5 Å². The summed E-state index contributed by atoms with van der Waals surface area (Å²) in [4.78, 5) is 11.3. The number of rotatable bonds is 3. The predicted octanol–water partition coefficient (Wildman–Crippen LogP) is 2.40. The van der Waals surface area contributed by atoms with Crippen LogP contribution in [-0.2, 0) is 4.79 Å². The quantitative estimate of drug-likeness (QED) is 0.850. The zero-order valence-electron chi connectivity index (χ0n) is 10.1. The highest BCUT2D eigenvalue weighted by molar-refractivity contribution is 8.03. The molecule has 0 radical (unpaired) electrons. The molecule has 3 rings (SSSR count). The molecule has 1 N–H and O–H groups in total. The summed E-state index contributed by atoms with van der Waals surface area (Å²) in [6.45, 7) is 0.913. The lowest BCUT2D eigenvalue weighted by molar-refractivity contribution is -0.137. The second kappa shape index (κ2) is 4.09. The molecular formula is C13H15NO3S. The molecule has 1 saturated heterocycles. The number of methoxy groups -OCH3 is 1. The van der Waals surface area contributed by atoms with Crippen LogP contribution in [0.1, 0.15) is 12.8 Å². The first-order chi connectivity index (χ1) is 8.65. The van der Waals surface area contributed by atoms with Gasteiger partial charge in [-0.15, -0.1) is 0 Å². The monoisotopic (exact) mass is 265 g/mol. The van der Waals surface area contributed by atoms with Crippen LogP contribution in [0.3, 0.4) is 0 Å². The van der Waals surface area contributed by atoms with Crippen LogP contribution in [0.5, 0.6) is 5.75 Å². The van der Waals surface area contributed by atoms with Gasteiger partial charge in [0, 0.05) is 12.2 Å². The van der Waals surface area contributed by atoms with E-state index in [1.165, 1.54) is 11.9 Å². The van der Waals surface area contributed by atoms with Crippen molar-refractivity contribution in [2.75, 3.05) is 18.0 Å². The molecule has 1 aliphatic carbocycles. The van der Waals surface area contributed by atoms with E-state index in [0.29, 0.717) is 5.92 Å². The molecule has 2 aliphatic rings. The van der Waals surface area contributed by atoms with Crippen molar-refractivity contribution in [2.24, 2.45) is 5.92 Å². The van der Waals surface area contributed by atoms with Gasteiger partial charge in [-0.2, -0.15) is 0 Å². The highest BCUT2D eigenvalue weighted by atomic mass is 32.2. The van der Waals surface area contributed by atoms with Gasteiger partial charge in [0.25, 0.3) is 0 Å². The van der Waals surface area contributed by atoms with Gasteiger partial charge in [0.05, 0.1) is 7.11 Å². The molecule has 2 unspecified atom stereocenters. The summed E-state index contributed by atoms with van der Waals surface area (Å²) in [7, 11) is 1.64. The molecular weight excluding hydrogens is 250 g/mol. The van der Waals surface area contributed by atoms with Gasteiger partial charge < -0.3 is 14.1 Å². The minimum atomic E-state index is -0.671. The van der Waals surface area contributed by atoms with E-state index < -0.39 is 10.7 Å². The van der Waals surface area contributed by atoms with E-state index in [1.807, 2.05) is 24.3 Å². The zero-order valence-corrected chi connectivity index (χ0v) is 10.9. The Hall–Kier alpha value is -1.36. The Morgan fingerprint density at radius 2 is 2.22 bits per heavy atom. The molecule has 96 valence electrons. The third-order valence-corrected chi connectivity index (χ3v) is 5.34. The van der Waals surface area contributed by atoms with Crippen molar-refractivity contribution in [1.82, 2.24) is 0 Å². The number of ether oxygens (including phenoxy) is 1. The van der Waals surface area contributed by atoms with E-state index in [1.54, 1.807) is 7.11 Å². The standard InChI is InChI=1S/C13H15NO3S/c1-17-11-4-2-10(3-5-11)14-7-6-9-8-13(9,18-14)12(15)16/h2-5,9H,6-8H2,1H3,(H,15,16). The first-order valence-corrected chi connectivity index (χ1v) is 6.77. The van der Waals surface area contributed by atoms with Crippen LogP contribution < -0.4 is 9.04 Å². The number of carboxylic acid groups (broad SMARTS) is 1. The van der Waals surface area contributed by atoms with Gasteiger partial charge in [0.2, 0.25) is 0 Å². The zero-order chi connectivity index (χ0) is 12.8. The molecule has 5 heteroatoms. The van der Waals surface area contributed by atoms with Crippen molar-refractivity contribution in [1.29, 1.82) is 0 Å². The number of nitrogens with zero attached hydrogens (tertiary/aromatic N) is 1. The van der Waals surface area contributed by atoms with Gasteiger partial charge in [-0.05, 0) is 55.0 Å². The third kappa shape index (κ3) is 1.73. The molecule has 2 atom stereocenters. The Morgan fingerprint density at radius 3 is 2.83 bits per heavy atom. The normalized spacial score (nSPS) is 29.6. The van der Waals surface area contributed by atoms with E-state index in [0.717, 1.165) is 30.8 Å². The van der Waals surface area contributed by atoms with Gasteiger partial charge in [-0.3, -0.25) is 4.79 Å². The van der Waals surface area contributed by atoms with E-state index in [2.05, 4.69) is 4.31 Å². The predicted molar refractivity (Wildman–Crippen MR) is 71.0 cm³/mol. The fourth-order valence-electron chi connectivity index (χ4n) is 2.50. The van der Waals surface area contributed by atoms with E-state index in [4.69, 9.17) is 4.74 Å². The molecule has 0 spiro atoms. The van der Waals surface area contributed by atoms with Gasteiger partial charge >= 0.3 is 5.97 Å². The maximum atomic E-state index is 11.3. The Bertz CT molecular complexity index is 476. The van der Waals surface area contributed by atoms with Crippen LogP contribution in [-0.4, -0.2) is 29.5 Å². The minimum Gasteiger partial charge on any atom is -0.497 e. The smallest absolute Gasteiger partial charge is 0.321 e. The summed E-state index contributed by atoms with van der Waals surface area (Å²) in [5.41, 5.74) is 1.05. The van der Waals surface area contributed by atoms with Gasteiger partial charge in [0.15, 0.2) is 0 Å². The van der Waals surface area contributed by atoms with Crippen molar-refractivity contribution in [3.05, 3.63) is 24.3 Å². The summed E-state index contributed by atoms with van der Waals surface area (Å²) < 4.78 is 6.66. The van der Waals surface area contributed by atoms with E-state index in [-0.39, 0.29) is 0 Å². The number of hydrogen-bond donors (Lipinski definition) is 1. The molecule has 1 aromatic carbocycles. The SMILES string of the molecule is COc1ccc(N2CCC3CC3(C(=O)O)S2)cc1. The van der Waals surface area contributed by atoms with Crippen LogP contribution in [0, 0.1) is 5.92 Å². The third-order valence-electron chi connectivity index (χ3n) is 3.73. The number of aliphatic carboxylic acids is 1. The van der Waals surface area contributed by atoms with Crippen molar-refractivity contribution in [3.63, 3.8) is 0 Å². The number of carbonyl (C=O) groups is 1. The lowest BCUT2D eigenvalue weighted by atomic mass is 10.2. The van der Waals surface area contributed by atoms with E-state index in [9.17, 15) is 9.90 Å². The van der Waals surface area contributed by atoms with Crippen molar-refractivity contribution in [2.45, 2.75) is 17.6 Å². The van der Waals surface area contributed by atoms with Gasteiger partial charge in [-0.25, -0.2) is 0 Å². The lowest BCUT2D eigenvalue weighted by Crippen LogP contribution is -2.33. The van der Waals surface area contributed by atoms with Crippen LogP contribution in [0.15, 0.2) is 24.3 Å². The molecule has 0 amide bonds. The maximum absolute atomic E-state index is 11.3. The average Bonchev–Trinajstić information content (AvgIpc) is 3.14. The fourth-order valence-corrected chi connectivity index (χ4v) is 3.94. The van der Waals surface area contributed by atoms with E-state index >= 15 is 0 Å². The Kier molecular flexibility index (Phi) is 2.66. The highest BCUT2D eigenvalue weighted by Gasteiger charge is 2.64. The Morgan fingerprint density at radius 1 is 1.50 bits per heavy atom. The van der Waals surface area contributed by atoms with Crippen molar-refractivity contribution >= 4 is 23.6 Å². The summed E-state index contributed by atoms with van der Waals surface area (Å²) >= 11 is 1.48. The molecule has 1 aromatic rings. The number of anilines is 1. The Balaban J connectivity index is 1.78. The lowest BCUT2D eigenvalue weighted by Gasteiger charge is -2.31. The van der Waals surface area contributed by atoms with Crippen LogP contribution >= 0.6 is 11.9 Å². The number of hydrogen-bond acceptors (Lipinski definition) is 4. The summed E-state index contributed by atoms with van der Waals surface area (Å²) in [5, 5.41) is 9.32. The number of fused-ring (bicyclic) bond motifs is 1. The van der Waals surface area contributed by atoms with Crippen molar-refractivity contribution in [3.8, 4) is 5.75 Å². The minimum absolute atomic E-state index is 0.356. The molecule has 18 heavy (non-hydrogen) atoms. The number of benzene rings is 1. The Labute approximate surface area is 110 Å². The molecule has 0 aromatic heterocycles. The largest absolute Gasteiger partial charge is 0.497 e. The average molecular weight is 265 g/mol. The maximum Gasteiger partial charge on any atom is 0.321 e. The fraction of sp³-hybridized carbons (Fsp3) is 0.462. The topological polar surface area (TPSA) is 49.8 Å². The second-order valence-corrected chi connectivity index (χ2v) is 6.13. The molecule has 2 fully saturated rings. The van der Waals surface area contributed by atoms with Gasteiger partial charge in [-0.1, -0.05) is 0 Å². The number of carboxylic acids is 1. The van der Waals surface area contributed by atoms with Crippen LogP contribution in [0.25, 0.3) is 0 Å². The molecule has 1 heterocycles. The first-order valence-electron chi connectivity index (χ1n) is 6.00. The van der Waals surface area contributed by atoms with Crippen molar-refractivity contribution < 1.29 is 14.6 Å². The highest BCUT2D eigenvalue weighted by Crippen LogP contribution is 2.60.